The first-order valence-electron chi connectivity index (χ1n) is 7.64. The number of amides is 2. The molecular formula is C16H16N4O5. The Balaban J connectivity index is 1.77. The number of hydrogen-bond acceptors (Lipinski definition) is 6. The summed E-state index contributed by atoms with van der Waals surface area (Å²) in [5.74, 6) is -1.24. The van der Waals surface area contributed by atoms with Gasteiger partial charge in [0.1, 0.15) is 6.61 Å². The van der Waals surface area contributed by atoms with Crippen LogP contribution in [0.3, 0.4) is 0 Å². The molecule has 1 aromatic heterocycles. The molecule has 3 rings (SSSR count). The lowest BCUT2D eigenvalue weighted by Crippen LogP contribution is -2.45. The van der Waals surface area contributed by atoms with Gasteiger partial charge in [-0.25, -0.2) is 14.4 Å². The zero-order valence-electron chi connectivity index (χ0n) is 13.4. The minimum atomic E-state index is -0.666. The SMILES string of the molecule is CCOC(=O)C1=C(COC(=O)c2n[nH]c3ccccc23)NC(=O)NC1. The third kappa shape index (κ3) is 3.44. The van der Waals surface area contributed by atoms with Crippen LogP contribution < -0.4 is 10.6 Å². The number of nitrogens with zero attached hydrogens (tertiary/aromatic N) is 1. The van der Waals surface area contributed by atoms with Crippen molar-refractivity contribution in [1.82, 2.24) is 20.8 Å². The number of ether oxygens (including phenoxy) is 2. The van der Waals surface area contributed by atoms with E-state index in [0.29, 0.717) is 10.9 Å². The van der Waals surface area contributed by atoms with Gasteiger partial charge in [-0.05, 0) is 13.0 Å². The third-order valence-electron chi connectivity index (χ3n) is 3.59. The molecule has 2 amide bonds. The monoisotopic (exact) mass is 344 g/mol. The van der Waals surface area contributed by atoms with Gasteiger partial charge in [-0.3, -0.25) is 5.10 Å². The molecule has 1 aromatic carbocycles. The number of carbonyl (C=O) groups is 3. The predicted molar refractivity (Wildman–Crippen MR) is 86.6 cm³/mol. The second-order valence-corrected chi connectivity index (χ2v) is 5.18. The summed E-state index contributed by atoms with van der Waals surface area (Å²) in [6.07, 6.45) is 0. The van der Waals surface area contributed by atoms with Gasteiger partial charge in [-0.2, -0.15) is 5.10 Å². The largest absolute Gasteiger partial charge is 0.463 e. The number of nitrogens with one attached hydrogen (secondary N) is 3. The molecule has 3 N–H and O–H groups in total. The predicted octanol–water partition coefficient (Wildman–Crippen LogP) is 0.850. The van der Waals surface area contributed by atoms with Gasteiger partial charge in [0.15, 0.2) is 5.69 Å². The summed E-state index contributed by atoms with van der Waals surface area (Å²) in [5, 5.41) is 12.3. The molecule has 130 valence electrons. The Labute approximate surface area is 142 Å². The third-order valence-corrected chi connectivity index (χ3v) is 3.59. The van der Waals surface area contributed by atoms with Gasteiger partial charge in [0, 0.05) is 5.39 Å². The van der Waals surface area contributed by atoms with E-state index in [0.717, 1.165) is 0 Å². The highest BCUT2D eigenvalue weighted by Gasteiger charge is 2.25. The smallest absolute Gasteiger partial charge is 0.359 e. The highest BCUT2D eigenvalue weighted by molar-refractivity contribution is 6.02. The number of aromatic amines is 1. The van der Waals surface area contributed by atoms with Crippen molar-refractivity contribution in [2.45, 2.75) is 6.92 Å². The fraction of sp³-hybridized carbons (Fsp3) is 0.250. The van der Waals surface area contributed by atoms with Crippen molar-refractivity contribution in [2.24, 2.45) is 0 Å². The standard InChI is InChI=1S/C16H16N4O5/c1-2-24-14(21)10-7-17-16(23)18-12(10)8-25-15(22)13-9-5-3-4-6-11(9)19-20-13/h3-6H,2,7-8H2,1H3,(H,19,20)(H2,17,18,23). The van der Waals surface area contributed by atoms with E-state index in [4.69, 9.17) is 9.47 Å². The van der Waals surface area contributed by atoms with Crippen molar-refractivity contribution in [1.29, 1.82) is 0 Å². The summed E-state index contributed by atoms with van der Waals surface area (Å²) in [6, 6.07) is 6.64. The maximum atomic E-state index is 12.3. The van der Waals surface area contributed by atoms with Crippen molar-refractivity contribution < 1.29 is 23.9 Å². The molecule has 0 fully saturated rings. The van der Waals surface area contributed by atoms with Crippen LogP contribution in [0.1, 0.15) is 17.4 Å². The Morgan fingerprint density at radius 2 is 2.00 bits per heavy atom. The summed E-state index contributed by atoms with van der Waals surface area (Å²) in [4.78, 5) is 35.7. The Kier molecular flexibility index (Phi) is 4.64. The zero-order chi connectivity index (χ0) is 17.8. The van der Waals surface area contributed by atoms with Crippen LogP contribution >= 0.6 is 0 Å². The van der Waals surface area contributed by atoms with Gasteiger partial charge in [-0.15, -0.1) is 0 Å². The molecule has 0 bridgehead atoms. The number of rotatable bonds is 5. The fourth-order valence-electron chi connectivity index (χ4n) is 2.39. The molecule has 25 heavy (non-hydrogen) atoms. The molecule has 0 spiro atoms. The van der Waals surface area contributed by atoms with E-state index in [1.165, 1.54) is 0 Å². The lowest BCUT2D eigenvalue weighted by Gasteiger charge is -2.20. The second-order valence-electron chi connectivity index (χ2n) is 5.18. The lowest BCUT2D eigenvalue weighted by atomic mass is 10.1. The maximum absolute atomic E-state index is 12.3. The van der Waals surface area contributed by atoms with E-state index in [2.05, 4.69) is 20.8 Å². The van der Waals surface area contributed by atoms with Gasteiger partial charge in [0.05, 0.1) is 29.9 Å². The summed E-state index contributed by atoms with van der Waals surface area (Å²) in [7, 11) is 0. The van der Waals surface area contributed by atoms with E-state index < -0.39 is 18.0 Å². The number of carbonyl (C=O) groups excluding carboxylic acids is 3. The van der Waals surface area contributed by atoms with Gasteiger partial charge < -0.3 is 20.1 Å². The number of aromatic nitrogens is 2. The molecule has 1 aliphatic rings. The number of hydrogen-bond donors (Lipinski definition) is 3. The first-order chi connectivity index (χ1) is 12.1. The number of esters is 2. The highest BCUT2D eigenvalue weighted by Crippen LogP contribution is 2.16. The fourth-order valence-corrected chi connectivity index (χ4v) is 2.39. The van der Waals surface area contributed by atoms with Crippen molar-refractivity contribution in [2.75, 3.05) is 19.8 Å². The van der Waals surface area contributed by atoms with Crippen molar-refractivity contribution in [3.63, 3.8) is 0 Å². The topological polar surface area (TPSA) is 122 Å². The Bertz CT molecular complexity index is 870. The normalized spacial score (nSPS) is 14.0. The van der Waals surface area contributed by atoms with Gasteiger partial charge >= 0.3 is 18.0 Å². The number of H-pyrrole nitrogens is 1. The maximum Gasteiger partial charge on any atom is 0.359 e. The average molecular weight is 344 g/mol. The second kappa shape index (κ2) is 7.04. The first kappa shape index (κ1) is 16.5. The molecule has 0 saturated carbocycles. The van der Waals surface area contributed by atoms with Crippen LogP contribution in [0.2, 0.25) is 0 Å². The summed E-state index contributed by atoms with van der Waals surface area (Å²) in [6.45, 7) is 1.60. The van der Waals surface area contributed by atoms with E-state index in [-0.39, 0.29) is 36.7 Å². The molecular weight excluding hydrogens is 328 g/mol. The number of benzene rings is 1. The minimum Gasteiger partial charge on any atom is -0.463 e. The van der Waals surface area contributed by atoms with Crippen LogP contribution in [-0.4, -0.2) is 47.9 Å². The van der Waals surface area contributed by atoms with Gasteiger partial charge in [0.25, 0.3) is 0 Å². The first-order valence-corrected chi connectivity index (χ1v) is 7.64. The Morgan fingerprint density at radius 1 is 1.20 bits per heavy atom. The minimum absolute atomic E-state index is 0.00286. The molecule has 0 unspecified atom stereocenters. The molecule has 2 heterocycles. The average Bonchev–Trinajstić information content (AvgIpc) is 3.04. The van der Waals surface area contributed by atoms with Crippen molar-refractivity contribution >= 4 is 28.9 Å². The number of para-hydroxylation sites is 1. The van der Waals surface area contributed by atoms with Gasteiger partial charge in [-0.1, -0.05) is 18.2 Å². The molecule has 1 aliphatic heterocycles. The van der Waals surface area contributed by atoms with E-state index in [1.54, 1.807) is 25.1 Å². The van der Waals surface area contributed by atoms with E-state index in [1.807, 2.05) is 6.07 Å². The lowest BCUT2D eigenvalue weighted by molar-refractivity contribution is -0.138. The molecule has 0 aliphatic carbocycles. The van der Waals surface area contributed by atoms with Crippen LogP contribution in [0.5, 0.6) is 0 Å². The summed E-state index contributed by atoms with van der Waals surface area (Å²) in [5.41, 5.74) is 1.24. The van der Waals surface area contributed by atoms with Crippen molar-refractivity contribution in [3.8, 4) is 0 Å². The number of fused-ring (bicyclic) bond motifs is 1. The highest BCUT2D eigenvalue weighted by atomic mass is 16.5. The zero-order valence-corrected chi connectivity index (χ0v) is 13.4. The van der Waals surface area contributed by atoms with Crippen LogP contribution in [0.25, 0.3) is 10.9 Å². The molecule has 2 aromatic rings. The number of urea groups is 1. The van der Waals surface area contributed by atoms with Crippen LogP contribution in [0.4, 0.5) is 4.79 Å². The van der Waals surface area contributed by atoms with Crippen LogP contribution in [0, 0.1) is 0 Å². The van der Waals surface area contributed by atoms with E-state index >= 15 is 0 Å². The molecule has 9 heteroatoms. The summed E-state index contributed by atoms with van der Waals surface area (Å²) < 4.78 is 10.1. The molecule has 0 atom stereocenters. The van der Waals surface area contributed by atoms with Gasteiger partial charge in [0.2, 0.25) is 0 Å². The van der Waals surface area contributed by atoms with Crippen LogP contribution in [0.15, 0.2) is 35.5 Å². The Morgan fingerprint density at radius 3 is 2.80 bits per heavy atom. The van der Waals surface area contributed by atoms with Crippen molar-refractivity contribution in [3.05, 3.63) is 41.2 Å². The Hall–Kier alpha value is -3.36. The molecule has 9 nitrogen and oxygen atoms in total. The summed E-state index contributed by atoms with van der Waals surface area (Å²) >= 11 is 0. The molecule has 0 radical (unpaired) electrons. The van der Waals surface area contributed by atoms with E-state index in [9.17, 15) is 14.4 Å². The molecule has 0 saturated heterocycles. The quantitative estimate of drug-likeness (QED) is 0.691. The van der Waals surface area contributed by atoms with Crippen LogP contribution in [-0.2, 0) is 14.3 Å².